The van der Waals surface area contributed by atoms with Crippen LogP contribution < -0.4 is 10.2 Å². The van der Waals surface area contributed by atoms with E-state index in [1.807, 2.05) is 0 Å². The van der Waals surface area contributed by atoms with Gasteiger partial charge in [0.05, 0.1) is 0 Å². The number of benzene rings is 2. The summed E-state index contributed by atoms with van der Waals surface area (Å²) in [5.41, 5.74) is -0.195. The number of hydrogen-bond donors (Lipinski definition) is 2. The fraction of sp³-hybridized carbons (Fsp3) is 0.345. The highest BCUT2D eigenvalue weighted by Crippen LogP contribution is 2.35. The summed E-state index contributed by atoms with van der Waals surface area (Å²) in [6.45, 7) is 3.92. The van der Waals surface area contributed by atoms with Gasteiger partial charge in [-0.05, 0) is 24.3 Å². The first-order valence-electron chi connectivity index (χ1n) is 12.9. The second-order valence-electron chi connectivity index (χ2n) is 9.52. The van der Waals surface area contributed by atoms with E-state index in [1.165, 1.54) is 36.4 Å². The van der Waals surface area contributed by atoms with Crippen LogP contribution in [0, 0.1) is 0 Å². The van der Waals surface area contributed by atoms with Crippen molar-refractivity contribution in [1.82, 2.24) is 0 Å². The normalized spacial score (nSPS) is 21.4. The molecular formula is C29H28O14. The van der Waals surface area contributed by atoms with E-state index in [9.17, 15) is 34.2 Å². The van der Waals surface area contributed by atoms with Gasteiger partial charge in [0.15, 0.2) is 17.6 Å². The van der Waals surface area contributed by atoms with Crippen LogP contribution in [0.5, 0.6) is 17.2 Å². The second-order valence-corrected chi connectivity index (χ2v) is 9.52. The summed E-state index contributed by atoms with van der Waals surface area (Å²) in [6.07, 6.45) is -7.22. The lowest BCUT2D eigenvalue weighted by atomic mass is 9.98. The highest BCUT2D eigenvalue weighted by Gasteiger charge is 2.53. The van der Waals surface area contributed by atoms with Crippen molar-refractivity contribution in [3.05, 3.63) is 52.7 Å². The van der Waals surface area contributed by atoms with Crippen molar-refractivity contribution in [1.29, 1.82) is 0 Å². The monoisotopic (exact) mass is 600 g/mol. The predicted octanol–water partition coefficient (Wildman–Crippen LogP) is 2.33. The summed E-state index contributed by atoms with van der Waals surface area (Å²) in [4.78, 5) is 60.4. The Morgan fingerprint density at radius 2 is 1.40 bits per heavy atom. The van der Waals surface area contributed by atoms with Crippen molar-refractivity contribution < 1.29 is 62.2 Å². The highest BCUT2D eigenvalue weighted by molar-refractivity contribution is 5.86. The maximum Gasteiger partial charge on any atom is 0.303 e. The molecule has 0 unspecified atom stereocenters. The number of esters is 4. The SMILES string of the molecule is CC(=O)OC[C@@H]1O[C@H](Oc2cc(O)c3c(=O)cc(-c4ccc(O)cc4)oc3c2)[C@@H](OC(C)=O)[C@H](OC(C)=O)[C@H]1OC(C)=O. The lowest BCUT2D eigenvalue weighted by molar-refractivity contribution is -0.288. The maximum atomic E-state index is 12.9. The summed E-state index contributed by atoms with van der Waals surface area (Å²) in [5, 5.41) is 20.1. The summed E-state index contributed by atoms with van der Waals surface area (Å²) in [6, 6.07) is 9.40. The fourth-order valence-electron chi connectivity index (χ4n) is 4.50. The van der Waals surface area contributed by atoms with Gasteiger partial charge < -0.3 is 43.1 Å². The van der Waals surface area contributed by atoms with E-state index in [0.717, 1.165) is 33.8 Å². The van der Waals surface area contributed by atoms with Crippen molar-refractivity contribution >= 4 is 34.8 Å². The van der Waals surface area contributed by atoms with Crippen molar-refractivity contribution in [3.8, 4) is 28.6 Å². The molecule has 5 atom stereocenters. The number of fused-ring (bicyclic) bond motifs is 1. The van der Waals surface area contributed by atoms with E-state index in [1.54, 1.807) is 0 Å². The summed E-state index contributed by atoms with van der Waals surface area (Å²) in [5.74, 6) is -3.64. The second kappa shape index (κ2) is 12.8. The van der Waals surface area contributed by atoms with E-state index in [4.69, 9.17) is 32.8 Å². The van der Waals surface area contributed by atoms with Crippen LogP contribution in [0.3, 0.4) is 0 Å². The third kappa shape index (κ3) is 7.40. The third-order valence-electron chi connectivity index (χ3n) is 6.14. The number of phenols is 2. The Bertz CT molecular complexity index is 1590. The molecule has 1 aromatic heterocycles. The van der Waals surface area contributed by atoms with E-state index < -0.39 is 72.4 Å². The Labute approximate surface area is 243 Å². The molecule has 0 spiro atoms. The first kappa shape index (κ1) is 30.8. The first-order chi connectivity index (χ1) is 20.3. The molecule has 0 radical (unpaired) electrons. The molecule has 43 heavy (non-hydrogen) atoms. The molecular weight excluding hydrogens is 572 g/mol. The van der Waals surface area contributed by atoms with Crippen LogP contribution in [0.1, 0.15) is 27.7 Å². The molecule has 0 saturated carbocycles. The Hall–Kier alpha value is -5.11. The van der Waals surface area contributed by atoms with Crippen LogP contribution in [0.25, 0.3) is 22.3 Å². The molecule has 0 bridgehead atoms. The minimum absolute atomic E-state index is 0.00467. The minimum Gasteiger partial charge on any atom is -0.508 e. The van der Waals surface area contributed by atoms with Gasteiger partial charge in [0, 0.05) is 51.5 Å². The van der Waals surface area contributed by atoms with Crippen molar-refractivity contribution in [2.45, 2.75) is 58.4 Å². The largest absolute Gasteiger partial charge is 0.508 e. The molecule has 228 valence electrons. The van der Waals surface area contributed by atoms with Gasteiger partial charge in [0.2, 0.25) is 12.4 Å². The van der Waals surface area contributed by atoms with Crippen molar-refractivity contribution in [3.63, 3.8) is 0 Å². The van der Waals surface area contributed by atoms with Gasteiger partial charge in [-0.15, -0.1) is 0 Å². The number of phenolic OH excluding ortho intramolecular Hbond substituents is 2. The van der Waals surface area contributed by atoms with E-state index in [-0.39, 0.29) is 28.2 Å². The van der Waals surface area contributed by atoms with Crippen molar-refractivity contribution in [2.24, 2.45) is 0 Å². The van der Waals surface area contributed by atoms with Gasteiger partial charge in [0.1, 0.15) is 46.7 Å². The highest BCUT2D eigenvalue weighted by atomic mass is 16.7. The number of hydrogen-bond acceptors (Lipinski definition) is 14. The number of rotatable bonds is 8. The summed E-state index contributed by atoms with van der Waals surface area (Å²) >= 11 is 0. The molecule has 1 aliphatic heterocycles. The predicted molar refractivity (Wildman–Crippen MR) is 144 cm³/mol. The molecule has 4 rings (SSSR count). The molecule has 2 heterocycles. The van der Waals surface area contributed by atoms with Gasteiger partial charge in [-0.25, -0.2) is 0 Å². The fourth-order valence-corrected chi connectivity index (χ4v) is 4.50. The van der Waals surface area contributed by atoms with E-state index in [2.05, 4.69) is 0 Å². The van der Waals surface area contributed by atoms with Crippen LogP contribution >= 0.6 is 0 Å². The van der Waals surface area contributed by atoms with E-state index in [0.29, 0.717) is 5.56 Å². The standard InChI is InChI=1S/C29H28O14/c1-13(30)37-12-24-26(38-14(2)31)27(39-15(3)32)28(40-16(4)33)29(43-24)41-19-9-20(35)25-21(36)11-22(42-23(25)10-19)17-5-7-18(34)8-6-17/h5-11,24,26-29,34-35H,12H2,1-4H3/t24-,26-,27+,28-,29-/m0/s1. The molecule has 0 aliphatic carbocycles. The quantitative estimate of drug-likeness (QED) is 0.282. The van der Waals surface area contributed by atoms with Crippen LogP contribution in [0.15, 0.2) is 51.7 Å². The summed E-state index contributed by atoms with van der Waals surface area (Å²) < 4.78 is 38.8. The van der Waals surface area contributed by atoms with Gasteiger partial charge >= 0.3 is 23.9 Å². The molecule has 1 fully saturated rings. The van der Waals surface area contributed by atoms with Gasteiger partial charge in [-0.2, -0.15) is 0 Å². The van der Waals surface area contributed by atoms with Gasteiger partial charge in [-0.3, -0.25) is 24.0 Å². The Morgan fingerprint density at radius 3 is 2.00 bits per heavy atom. The molecule has 2 N–H and O–H groups in total. The number of carbonyl (C=O) groups is 4. The molecule has 14 heteroatoms. The Morgan fingerprint density at radius 1 is 0.791 bits per heavy atom. The zero-order valence-electron chi connectivity index (χ0n) is 23.4. The van der Waals surface area contributed by atoms with Crippen molar-refractivity contribution in [2.75, 3.05) is 6.61 Å². The molecule has 14 nitrogen and oxygen atoms in total. The third-order valence-corrected chi connectivity index (χ3v) is 6.14. The minimum atomic E-state index is -1.58. The smallest absolute Gasteiger partial charge is 0.303 e. The molecule has 1 saturated heterocycles. The lowest BCUT2D eigenvalue weighted by Gasteiger charge is -2.43. The Kier molecular flexibility index (Phi) is 9.19. The van der Waals surface area contributed by atoms with Crippen LogP contribution in [-0.4, -0.2) is 71.4 Å². The summed E-state index contributed by atoms with van der Waals surface area (Å²) in [7, 11) is 0. The van der Waals surface area contributed by atoms with Gasteiger partial charge in [-0.1, -0.05) is 0 Å². The van der Waals surface area contributed by atoms with Crippen LogP contribution in [0.2, 0.25) is 0 Å². The zero-order valence-corrected chi connectivity index (χ0v) is 23.4. The lowest BCUT2D eigenvalue weighted by Crippen LogP contribution is -2.63. The number of carbonyl (C=O) groups excluding carboxylic acids is 4. The molecule has 3 aromatic rings. The van der Waals surface area contributed by atoms with Crippen LogP contribution in [-0.2, 0) is 42.9 Å². The molecule has 0 amide bonds. The maximum absolute atomic E-state index is 12.9. The zero-order chi connectivity index (χ0) is 31.4. The number of aromatic hydroxyl groups is 2. The number of ether oxygens (including phenoxy) is 6. The van der Waals surface area contributed by atoms with Crippen LogP contribution in [0.4, 0.5) is 0 Å². The molecule has 2 aromatic carbocycles. The van der Waals surface area contributed by atoms with Gasteiger partial charge in [0.25, 0.3) is 0 Å². The van der Waals surface area contributed by atoms with E-state index >= 15 is 0 Å². The average Bonchev–Trinajstić information content (AvgIpc) is 2.90. The average molecular weight is 601 g/mol. The first-order valence-corrected chi connectivity index (χ1v) is 12.9. The molecule has 1 aliphatic rings. The Balaban J connectivity index is 1.77. The topological polar surface area (TPSA) is 194 Å².